The first-order valence-electron chi connectivity index (χ1n) is 4.81. The number of esters is 1. The molecule has 1 aromatic rings. The van der Waals surface area contributed by atoms with E-state index in [0.717, 1.165) is 31.4 Å². The molecule has 0 aliphatic carbocycles. The highest BCUT2D eigenvalue weighted by molar-refractivity contribution is 5.84. The summed E-state index contributed by atoms with van der Waals surface area (Å²) in [4.78, 5) is 11.5. The monoisotopic (exact) mass is 247 g/mol. The van der Waals surface area contributed by atoms with Gasteiger partial charge in [0.25, 0.3) is 6.43 Å². The summed E-state index contributed by atoms with van der Waals surface area (Å²) in [5.41, 5.74) is 2.97. The Kier molecular flexibility index (Phi) is 4.11. The maximum absolute atomic E-state index is 13.1. The second-order valence-electron chi connectivity index (χ2n) is 3.47. The zero-order valence-corrected chi connectivity index (χ0v) is 9.12. The maximum Gasteiger partial charge on any atom is 0.323 e. The number of hydrogen-bond donors (Lipinski definition) is 1. The van der Waals surface area contributed by atoms with Gasteiger partial charge in [0.05, 0.1) is 7.11 Å². The number of ether oxygens (including phenoxy) is 1. The lowest BCUT2D eigenvalue weighted by Crippen LogP contribution is -2.49. The molecule has 0 aliphatic heterocycles. The Balaban J connectivity index is 3.31. The molecular weight excluding hydrogens is 235 g/mol. The van der Waals surface area contributed by atoms with Gasteiger partial charge in [0, 0.05) is 6.54 Å². The van der Waals surface area contributed by atoms with Crippen LogP contribution >= 0.6 is 0 Å². The van der Waals surface area contributed by atoms with E-state index in [4.69, 9.17) is 5.73 Å². The molecule has 6 heteroatoms. The van der Waals surface area contributed by atoms with Crippen molar-refractivity contribution < 1.29 is 22.7 Å². The van der Waals surface area contributed by atoms with Crippen molar-refractivity contribution >= 4 is 5.97 Å². The fourth-order valence-corrected chi connectivity index (χ4v) is 1.55. The van der Waals surface area contributed by atoms with Crippen molar-refractivity contribution in [2.24, 2.45) is 5.73 Å². The molecular formula is C11H12F3NO2. The van der Waals surface area contributed by atoms with Crippen LogP contribution in [-0.4, -0.2) is 26.0 Å². The zero-order valence-electron chi connectivity index (χ0n) is 9.12. The van der Waals surface area contributed by atoms with Gasteiger partial charge in [-0.15, -0.1) is 0 Å². The topological polar surface area (TPSA) is 52.3 Å². The summed E-state index contributed by atoms with van der Waals surface area (Å²) < 4.78 is 43.3. The van der Waals surface area contributed by atoms with Crippen molar-refractivity contribution in [3.05, 3.63) is 35.6 Å². The average Bonchev–Trinajstić information content (AvgIpc) is 2.32. The van der Waals surface area contributed by atoms with Gasteiger partial charge in [-0.3, -0.25) is 4.79 Å². The maximum atomic E-state index is 13.1. The third kappa shape index (κ3) is 2.26. The van der Waals surface area contributed by atoms with Crippen LogP contribution in [0.15, 0.2) is 24.3 Å². The van der Waals surface area contributed by atoms with Gasteiger partial charge in [0.15, 0.2) is 5.41 Å². The normalized spacial score (nSPS) is 14.5. The van der Waals surface area contributed by atoms with E-state index in [1.807, 2.05) is 0 Å². The van der Waals surface area contributed by atoms with Crippen molar-refractivity contribution in [3.8, 4) is 0 Å². The molecule has 1 rings (SSSR count). The van der Waals surface area contributed by atoms with Crippen LogP contribution in [-0.2, 0) is 14.9 Å². The van der Waals surface area contributed by atoms with E-state index >= 15 is 0 Å². The van der Waals surface area contributed by atoms with Crippen LogP contribution in [0.2, 0.25) is 0 Å². The number of alkyl halides is 2. The summed E-state index contributed by atoms with van der Waals surface area (Å²) in [5, 5.41) is 0. The minimum absolute atomic E-state index is 0.0664. The Hall–Kier alpha value is -1.56. The third-order valence-corrected chi connectivity index (χ3v) is 2.60. The van der Waals surface area contributed by atoms with Crippen molar-refractivity contribution in [2.45, 2.75) is 11.8 Å². The number of carbonyl (C=O) groups excluding carboxylic acids is 1. The Morgan fingerprint density at radius 3 is 2.29 bits per heavy atom. The van der Waals surface area contributed by atoms with Crippen LogP contribution in [0.4, 0.5) is 13.2 Å². The first-order chi connectivity index (χ1) is 7.98. The zero-order chi connectivity index (χ0) is 13.1. The molecule has 0 bridgehead atoms. The van der Waals surface area contributed by atoms with E-state index in [0.29, 0.717) is 0 Å². The Morgan fingerprint density at radius 2 is 1.94 bits per heavy atom. The van der Waals surface area contributed by atoms with Gasteiger partial charge >= 0.3 is 5.97 Å². The van der Waals surface area contributed by atoms with Crippen molar-refractivity contribution in [2.75, 3.05) is 13.7 Å². The Labute approximate surface area is 96.4 Å². The van der Waals surface area contributed by atoms with Crippen LogP contribution in [0.5, 0.6) is 0 Å². The van der Waals surface area contributed by atoms with Crippen molar-refractivity contribution in [1.82, 2.24) is 0 Å². The molecule has 2 N–H and O–H groups in total. The van der Waals surface area contributed by atoms with Gasteiger partial charge in [-0.05, 0) is 17.7 Å². The van der Waals surface area contributed by atoms with E-state index in [1.54, 1.807) is 0 Å². The Morgan fingerprint density at radius 1 is 1.41 bits per heavy atom. The molecule has 0 fully saturated rings. The number of carbonyl (C=O) groups is 1. The van der Waals surface area contributed by atoms with Gasteiger partial charge in [0.1, 0.15) is 5.82 Å². The molecule has 1 aromatic carbocycles. The van der Waals surface area contributed by atoms with Gasteiger partial charge in [-0.1, -0.05) is 12.1 Å². The van der Waals surface area contributed by atoms with E-state index in [1.165, 1.54) is 0 Å². The Bertz CT molecular complexity index is 394. The molecule has 0 spiro atoms. The largest absolute Gasteiger partial charge is 0.468 e. The van der Waals surface area contributed by atoms with Crippen molar-refractivity contribution in [1.29, 1.82) is 0 Å². The summed E-state index contributed by atoms with van der Waals surface area (Å²) >= 11 is 0. The summed E-state index contributed by atoms with van der Waals surface area (Å²) in [6.07, 6.45) is -3.04. The predicted molar refractivity (Wildman–Crippen MR) is 55.2 cm³/mol. The van der Waals surface area contributed by atoms with Gasteiger partial charge in [-0.2, -0.15) is 0 Å². The van der Waals surface area contributed by atoms with Gasteiger partial charge < -0.3 is 10.5 Å². The minimum Gasteiger partial charge on any atom is -0.468 e. The molecule has 0 heterocycles. The van der Waals surface area contributed by atoms with Crippen LogP contribution in [0, 0.1) is 5.82 Å². The lowest BCUT2D eigenvalue weighted by Gasteiger charge is -2.29. The highest BCUT2D eigenvalue weighted by atomic mass is 19.3. The lowest BCUT2D eigenvalue weighted by molar-refractivity contribution is -0.153. The molecule has 0 saturated heterocycles. The predicted octanol–water partition coefficient (Wildman–Crippen LogP) is 1.46. The second-order valence-corrected chi connectivity index (χ2v) is 3.47. The van der Waals surface area contributed by atoms with E-state index < -0.39 is 30.2 Å². The minimum atomic E-state index is -3.04. The third-order valence-electron chi connectivity index (χ3n) is 2.60. The van der Waals surface area contributed by atoms with Gasteiger partial charge in [0.2, 0.25) is 0 Å². The number of halogens is 3. The highest BCUT2D eigenvalue weighted by Gasteiger charge is 2.49. The van der Waals surface area contributed by atoms with Crippen LogP contribution < -0.4 is 5.73 Å². The average molecular weight is 247 g/mol. The second kappa shape index (κ2) is 5.18. The molecule has 17 heavy (non-hydrogen) atoms. The SMILES string of the molecule is COC(=O)C(CN)(c1ccc(F)cc1)C(F)F. The van der Waals surface area contributed by atoms with Gasteiger partial charge in [-0.25, -0.2) is 13.2 Å². The van der Waals surface area contributed by atoms with E-state index in [2.05, 4.69) is 4.74 Å². The quantitative estimate of drug-likeness (QED) is 0.819. The number of methoxy groups -OCH3 is 1. The molecule has 94 valence electrons. The highest BCUT2D eigenvalue weighted by Crippen LogP contribution is 2.31. The molecule has 0 saturated carbocycles. The molecule has 0 aromatic heterocycles. The summed E-state index contributed by atoms with van der Waals surface area (Å²) in [6.45, 7) is -0.622. The first kappa shape index (κ1) is 13.5. The van der Waals surface area contributed by atoms with E-state index in [9.17, 15) is 18.0 Å². The summed E-state index contributed by atoms with van der Waals surface area (Å²) in [5.74, 6) is -1.72. The lowest BCUT2D eigenvalue weighted by atomic mass is 9.80. The fraction of sp³-hybridized carbons (Fsp3) is 0.364. The van der Waals surface area contributed by atoms with Crippen LogP contribution in [0.3, 0.4) is 0 Å². The fourth-order valence-electron chi connectivity index (χ4n) is 1.55. The van der Waals surface area contributed by atoms with E-state index in [-0.39, 0.29) is 5.56 Å². The molecule has 1 unspecified atom stereocenters. The number of nitrogens with two attached hydrogens (primary N) is 1. The molecule has 1 atom stereocenters. The number of benzene rings is 1. The number of rotatable bonds is 4. The molecule has 0 amide bonds. The van der Waals surface area contributed by atoms with Crippen molar-refractivity contribution in [3.63, 3.8) is 0 Å². The summed E-state index contributed by atoms with van der Waals surface area (Å²) in [7, 11) is 0.999. The molecule has 0 aliphatic rings. The first-order valence-corrected chi connectivity index (χ1v) is 4.81. The standard InChI is InChI=1S/C11H12F3NO2/c1-17-10(16)11(6-15,9(13)14)7-2-4-8(12)5-3-7/h2-5,9H,6,15H2,1H3. The number of hydrogen-bond acceptors (Lipinski definition) is 3. The summed E-state index contributed by atoms with van der Waals surface area (Å²) in [6, 6.07) is 4.19. The van der Waals surface area contributed by atoms with Crippen LogP contribution in [0.1, 0.15) is 5.56 Å². The molecule has 0 radical (unpaired) electrons. The van der Waals surface area contributed by atoms with Crippen LogP contribution in [0.25, 0.3) is 0 Å². The molecule has 3 nitrogen and oxygen atoms in total. The smallest absolute Gasteiger partial charge is 0.323 e.